The molecule has 0 fully saturated rings. The summed E-state index contributed by atoms with van der Waals surface area (Å²) < 4.78 is 6.12. The van der Waals surface area contributed by atoms with Crippen LogP contribution in [0.15, 0.2) is 35.4 Å². The minimum atomic E-state index is -0.616. The first-order valence-corrected chi connectivity index (χ1v) is 6.22. The quantitative estimate of drug-likeness (QED) is 0.798. The predicted molar refractivity (Wildman–Crippen MR) is 74.9 cm³/mol. The standard InChI is InChI=1S/C15H16N2O3/c1-10-6-13(15(19)20-3)14(18)17(8-10)9-12-5-4-11(2)16-7-12/h4-8H,9H2,1-3H3. The van der Waals surface area contributed by atoms with E-state index in [1.807, 2.05) is 26.0 Å². The number of aryl methyl sites for hydroxylation is 2. The van der Waals surface area contributed by atoms with E-state index in [0.29, 0.717) is 6.54 Å². The molecule has 20 heavy (non-hydrogen) atoms. The van der Waals surface area contributed by atoms with Crippen molar-refractivity contribution in [2.24, 2.45) is 0 Å². The highest BCUT2D eigenvalue weighted by atomic mass is 16.5. The third-order valence-electron chi connectivity index (χ3n) is 2.95. The van der Waals surface area contributed by atoms with Crippen LogP contribution in [-0.2, 0) is 11.3 Å². The fourth-order valence-corrected chi connectivity index (χ4v) is 1.95. The van der Waals surface area contributed by atoms with Crippen molar-refractivity contribution in [3.8, 4) is 0 Å². The van der Waals surface area contributed by atoms with Crippen molar-refractivity contribution in [3.05, 3.63) is 63.3 Å². The van der Waals surface area contributed by atoms with E-state index in [9.17, 15) is 9.59 Å². The molecule has 104 valence electrons. The van der Waals surface area contributed by atoms with Gasteiger partial charge < -0.3 is 9.30 Å². The average molecular weight is 272 g/mol. The van der Waals surface area contributed by atoms with Crippen molar-refractivity contribution >= 4 is 5.97 Å². The zero-order valence-corrected chi connectivity index (χ0v) is 11.7. The topological polar surface area (TPSA) is 61.2 Å². The molecule has 0 spiro atoms. The lowest BCUT2D eigenvalue weighted by atomic mass is 10.2. The Morgan fingerprint density at radius 2 is 2.10 bits per heavy atom. The fraction of sp³-hybridized carbons (Fsp3) is 0.267. The molecule has 0 N–H and O–H groups in total. The zero-order valence-electron chi connectivity index (χ0n) is 11.7. The summed E-state index contributed by atoms with van der Waals surface area (Å²) in [6, 6.07) is 5.34. The van der Waals surface area contributed by atoms with Crippen molar-refractivity contribution in [2.75, 3.05) is 7.11 Å². The lowest BCUT2D eigenvalue weighted by molar-refractivity contribution is 0.0598. The van der Waals surface area contributed by atoms with E-state index in [-0.39, 0.29) is 11.1 Å². The molecule has 0 bridgehead atoms. The molecular weight excluding hydrogens is 256 g/mol. The van der Waals surface area contributed by atoms with E-state index in [0.717, 1.165) is 16.8 Å². The molecule has 0 unspecified atom stereocenters. The summed E-state index contributed by atoms with van der Waals surface area (Å²) in [5, 5.41) is 0. The number of esters is 1. The summed E-state index contributed by atoms with van der Waals surface area (Å²) >= 11 is 0. The Morgan fingerprint density at radius 1 is 1.35 bits per heavy atom. The first kappa shape index (κ1) is 14.0. The number of nitrogens with zero attached hydrogens (tertiary/aromatic N) is 2. The minimum absolute atomic E-state index is 0.0487. The molecule has 2 aromatic heterocycles. The first-order valence-electron chi connectivity index (χ1n) is 6.22. The third kappa shape index (κ3) is 2.93. The van der Waals surface area contributed by atoms with Crippen LogP contribution >= 0.6 is 0 Å². The van der Waals surface area contributed by atoms with Crippen LogP contribution < -0.4 is 5.56 Å². The predicted octanol–water partition coefficient (Wildman–Crippen LogP) is 1.70. The maximum Gasteiger partial charge on any atom is 0.343 e. The highest BCUT2D eigenvalue weighted by Crippen LogP contribution is 2.05. The third-order valence-corrected chi connectivity index (χ3v) is 2.95. The molecule has 2 aromatic rings. The summed E-state index contributed by atoms with van der Waals surface area (Å²) in [5.74, 6) is -0.616. The van der Waals surface area contributed by atoms with Crippen LogP contribution in [0.5, 0.6) is 0 Å². The lowest BCUT2D eigenvalue weighted by Gasteiger charge is -2.09. The van der Waals surface area contributed by atoms with Gasteiger partial charge in [-0.15, -0.1) is 0 Å². The van der Waals surface area contributed by atoms with Gasteiger partial charge in [0.1, 0.15) is 5.56 Å². The molecule has 0 saturated heterocycles. The van der Waals surface area contributed by atoms with Gasteiger partial charge in [-0.2, -0.15) is 0 Å². The molecule has 0 radical (unpaired) electrons. The maximum absolute atomic E-state index is 12.2. The Hall–Kier alpha value is -2.43. The largest absolute Gasteiger partial charge is 0.465 e. The van der Waals surface area contributed by atoms with Crippen LogP contribution in [0.2, 0.25) is 0 Å². The number of hydrogen-bond acceptors (Lipinski definition) is 4. The first-order chi connectivity index (χ1) is 9.51. The number of rotatable bonds is 3. The number of ether oxygens (including phenoxy) is 1. The lowest BCUT2D eigenvalue weighted by Crippen LogP contribution is -2.27. The van der Waals surface area contributed by atoms with Crippen LogP contribution in [0.25, 0.3) is 0 Å². The zero-order chi connectivity index (χ0) is 14.7. The molecule has 5 heteroatoms. The second-order valence-electron chi connectivity index (χ2n) is 4.66. The van der Waals surface area contributed by atoms with Crippen molar-refractivity contribution < 1.29 is 9.53 Å². The van der Waals surface area contributed by atoms with Crippen molar-refractivity contribution in [1.29, 1.82) is 0 Å². The van der Waals surface area contributed by atoms with E-state index in [1.165, 1.54) is 17.7 Å². The van der Waals surface area contributed by atoms with Gasteiger partial charge in [-0.25, -0.2) is 4.79 Å². The van der Waals surface area contributed by atoms with Crippen LogP contribution in [-0.4, -0.2) is 22.6 Å². The number of hydrogen-bond donors (Lipinski definition) is 0. The Morgan fingerprint density at radius 3 is 2.70 bits per heavy atom. The van der Waals surface area contributed by atoms with Crippen LogP contribution in [0.3, 0.4) is 0 Å². The second-order valence-corrected chi connectivity index (χ2v) is 4.66. The molecule has 0 saturated carbocycles. The Kier molecular flexibility index (Phi) is 3.98. The second kappa shape index (κ2) is 5.69. The molecule has 2 rings (SSSR count). The highest BCUT2D eigenvalue weighted by Gasteiger charge is 2.13. The van der Waals surface area contributed by atoms with Crippen molar-refractivity contribution in [1.82, 2.24) is 9.55 Å². The monoisotopic (exact) mass is 272 g/mol. The average Bonchev–Trinajstić information content (AvgIpc) is 2.44. The summed E-state index contributed by atoms with van der Waals surface area (Å²) in [6.45, 7) is 4.10. The van der Waals surface area contributed by atoms with E-state index < -0.39 is 5.97 Å². The Balaban J connectivity index is 2.42. The molecule has 2 heterocycles. The smallest absolute Gasteiger partial charge is 0.343 e. The highest BCUT2D eigenvalue weighted by molar-refractivity contribution is 5.89. The summed E-state index contributed by atoms with van der Waals surface area (Å²) in [7, 11) is 1.26. The molecule has 5 nitrogen and oxygen atoms in total. The summed E-state index contributed by atoms with van der Waals surface area (Å²) in [5.41, 5.74) is 2.33. The number of aromatic nitrogens is 2. The van der Waals surface area contributed by atoms with E-state index >= 15 is 0 Å². The molecule has 0 aliphatic rings. The van der Waals surface area contributed by atoms with Gasteiger partial charge in [0.25, 0.3) is 5.56 Å². The number of carbonyl (C=O) groups excluding carboxylic acids is 1. The molecule has 0 amide bonds. The van der Waals surface area contributed by atoms with E-state index in [2.05, 4.69) is 9.72 Å². The van der Waals surface area contributed by atoms with Gasteiger partial charge in [-0.3, -0.25) is 9.78 Å². The molecular formula is C15H16N2O3. The van der Waals surface area contributed by atoms with Crippen molar-refractivity contribution in [2.45, 2.75) is 20.4 Å². The van der Waals surface area contributed by atoms with Gasteiger partial charge in [0.15, 0.2) is 0 Å². The Bertz CT molecular complexity index is 687. The minimum Gasteiger partial charge on any atom is -0.465 e. The van der Waals surface area contributed by atoms with Crippen LogP contribution in [0.1, 0.15) is 27.2 Å². The summed E-state index contributed by atoms with van der Waals surface area (Å²) in [6.07, 6.45) is 3.44. The number of methoxy groups -OCH3 is 1. The van der Waals surface area contributed by atoms with Gasteiger partial charge in [0.2, 0.25) is 0 Å². The van der Waals surface area contributed by atoms with Gasteiger partial charge in [-0.1, -0.05) is 6.07 Å². The van der Waals surface area contributed by atoms with Crippen LogP contribution in [0.4, 0.5) is 0 Å². The van der Waals surface area contributed by atoms with E-state index in [4.69, 9.17) is 0 Å². The van der Waals surface area contributed by atoms with E-state index in [1.54, 1.807) is 12.4 Å². The SMILES string of the molecule is COC(=O)c1cc(C)cn(Cc2ccc(C)nc2)c1=O. The van der Waals surface area contributed by atoms with Crippen molar-refractivity contribution in [3.63, 3.8) is 0 Å². The molecule has 0 aliphatic carbocycles. The van der Waals surface area contributed by atoms with Gasteiger partial charge in [0.05, 0.1) is 13.7 Å². The van der Waals surface area contributed by atoms with Crippen LogP contribution in [0, 0.1) is 13.8 Å². The van der Waals surface area contributed by atoms with Gasteiger partial charge >= 0.3 is 5.97 Å². The van der Waals surface area contributed by atoms with Gasteiger partial charge in [-0.05, 0) is 37.1 Å². The molecule has 0 atom stereocenters. The maximum atomic E-state index is 12.2. The Labute approximate surface area is 116 Å². The van der Waals surface area contributed by atoms with Gasteiger partial charge in [0, 0.05) is 18.1 Å². The molecule has 0 aromatic carbocycles. The fourth-order valence-electron chi connectivity index (χ4n) is 1.95. The number of carbonyl (C=O) groups is 1. The molecule has 0 aliphatic heterocycles. The normalized spacial score (nSPS) is 10.3. The summed E-state index contributed by atoms with van der Waals surface area (Å²) in [4.78, 5) is 28.0. The number of pyridine rings is 2.